The molecule has 1 aromatic carbocycles. The maximum Gasteiger partial charge on any atom is 0.313 e. The Kier molecular flexibility index (Phi) is 5.16. The van der Waals surface area contributed by atoms with E-state index in [2.05, 4.69) is 10.6 Å². The van der Waals surface area contributed by atoms with Crippen molar-refractivity contribution in [3.05, 3.63) is 28.8 Å². The number of hydrogen-bond donors (Lipinski definition) is 2. The molecule has 0 unspecified atom stereocenters. The van der Waals surface area contributed by atoms with E-state index in [4.69, 9.17) is 11.6 Å². The molecule has 0 aliphatic heterocycles. The molecule has 0 saturated carbocycles. The van der Waals surface area contributed by atoms with Gasteiger partial charge in [0, 0.05) is 16.8 Å². The highest BCUT2D eigenvalue weighted by Gasteiger charge is 2.15. The van der Waals surface area contributed by atoms with Gasteiger partial charge < -0.3 is 10.6 Å². The number of amides is 2. The van der Waals surface area contributed by atoms with Crippen LogP contribution < -0.4 is 10.6 Å². The first-order valence-electron chi connectivity index (χ1n) is 5.82. The van der Waals surface area contributed by atoms with Crippen LogP contribution in [0.5, 0.6) is 0 Å². The summed E-state index contributed by atoms with van der Waals surface area (Å²) >= 11 is 5.93. The van der Waals surface area contributed by atoms with Crippen LogP contribution >= 0.6 is 11.6 Å². The van der Waals surface area contributed by atoms with Crippen molar-refractivity contribution >= 4 is 29.1 Å². The fourth-order valence-electron chi connectivity index (χ4n) is 1.25. The minimum Gasteiger partial charge on any atom is -0.345 e. The number of halogens is 1. The molecule has 2 amide bonds. The van der Waals surface area contributed by atoms with E-state index in [0.717, 1.165) is 12.0 Å². The van der Waals surface area contributed by atoms with Crippen molar-refractivity contribution in [2.75, 3.05) is 5.32 Å². The van der Waals surface area contributed by atoms with Crippen molar-refractivity contribution in [1.29, 1.82) is 0 Å². The summed E-state index contributed by atoms with van der Waals surface area (Å²) < 4.78 is 0. The normalized spacial score (nSPS) is 11.8. The van der Waals surface area contributed by atoms with Gasteiger partial charge in [-0.1, -0.05) is 24.6 Å². The van der Waals surface area contributed by atoms with E-state index < -0.39 is 11.8 Å². The molecule has 0 heterocycles. The van der Waals surface area contributed by atoms with E-state index in [1.807, 2.05) is 20.8 Å². The molecule has 1 aromatic rings. The predicted molar refractivity (Wildman–Crippen MR) is 72.7 cm³/mol. The quantitative estimate of drug-likeness (QED) is 0.828. The van der Waals surface area contributed by atoms with E-state index in [0.29, 0.717) is 10.7 Å². The zero-order valence-corrected chi connectivity index (χ0v) is 11.5. The average molecular weight is 269 g/mol. The van der Waals surface area contributed by atoms with Gasteiger partial charge in [-0.15, -0.1) is 0 Å². The Morgan fingerprint density at radius 2 is 2.00 bits per heavy atom. The van der Waals surface area contributed by atoms with Gasteiger partial charge in [-0.3, -0.25) is 9.59 Å². The lowest BCUT2D eigenvalue weighted by molar-refractivity contribution is -0.136. The van der Waals surface area contributed by atoms with Crippen LogP contribution in [0.2, 0.25) is 5.02 Å². The molecular formula is C13H17ClN2O2. The van der Waals surface area contributed by atoms with Crippen LogP contribution in [-0.2, 0) is 9.59 Å². The number of rotatable bonds is 3. The van der Waals surface area contributed by atoms with Crippen molar-refractivity contribution in [3.63, 3.8) is 0 Å². The lowest BCUT2D eigenvalue weighted by atomic mass is 10.2. The number of anilines is 1. The molecule has 0 aliphatic carbocycles. The fraction of sp³-hybridized carbons (Fsp3) is 0.385. The number of carbonyl (C=O) groups is 2. The van der Waals surface area contributed by atoms with Crippen LogP contribution in [-0.4, -0.2) is 17.9 Å². The van der Waals surface area contributed by atoms with E-state index in [9.17, 15) is 9.59 Å². The zero-order chi connectivity index (χ0) is 13.7. The van der Waals surface area contributed by atoms with E-state index >= 15 is 0 Å². The summed E-state index contributed by atoms with van der Waals surface area (Å²) in [6.45, 7) is 5.64. The summed E-state index contributed by atoms with van der Waals surface area (Å²) in [6.07, 6.45) is 0.773. The van der Waals surface area contributed by atoms with E-state index in [1.165, 1.54) is 0 Å². The maximum atomic E-state index is 11.6. The van der Waals surface area contributed by atoms with Crippen LogP contribution in [0, 0.1) is 6.92 Å². The minimum absolute atomic E-state index is 0.0233. The standard InChI is InChI=1S/C13H17ClN2O2/c1-4-9(3)15-12(17)13(18)16-10-6-5-8(2)11(14)7-10/h5-7,9H,4H2,1-3H3,(H,15,17)(H,16,18)/t9-/m1/s1. The van der Waals surface area contributed by atoms with Crippen molar-refractivity contribution < 1.29 is 9.59 Å². The Hall–Kier alpha value is -1.55. The van der Waals surface area contributed by atoms with E-state index in [-0.39, 0.29) is 6.04 Å². The fourth-order valence-corrected chi connectivity index (χ4v) is 1.43. The van der Waals surface area contributed by atoms with Crippen molar-refractivity contribution in [2.45, 2.75) is 33.2 Å². The monoisotopic (exact) mass is 268 g/mol. The molecule has 1 rings (SSSR count). The largest absolute Gasteiger partial charge is 0.345 e. The highest BCUT2D eigenvalue weighted by molar-refractivity contribution is 6.40. The van der Waals surface area contributed by atoms with Crippen molar-refractivity contribution in [1.82, 2.24) is 5.32 Å². The molecule has 0 radical (unpaired) electrons. The second kappa shape index (κ2) is 6.40. The SMILES string of the molecule is CC[C@@H](C)NC(=O)C(=O)Nc1ccc(C)c(Cl)c1. The number of carbonyl (C=O) groups excluding carboxylic acids is 2. The van der Waals surface area contributed by atoms with Gasteiger partial charge in [0.1, 0.15) is 0 Å². The van der Waals surface area contributed by atoms with Gasteiger partial charge in [-0.05, 0) is 38.0 Å². The van der Waals surface area contributed by atoms with Gasteiger partial charge in [0.15, 0.2) is 0 Å². The summed E-state index contributed by atoms with van der Waals surface area (Å²) in [5, 5.41) is 5.65. The molecule has 0 bridgehead atoms. The third kappa shape index (κ3) is 4.04. The minimum atomic E-state index is -0.685. The highest BCUT2D eigenvalue weighted by Crippen LogP contribution is 2.19. The summed E-state index contributed by atoms with van der Waals surface area (Å²) in [6, 6.07) is 5.08. The zero-order valence-electron chi connectivity index (χ0n) is 10.7. The molecule has 1 atom stereocenters. The Labute approximate surface area is 112 Å². The lowest BCUT2D eigenvalue weighted by Crippen LogP contribution is -2.40. The second-order valence-electron chi connectivity index (χ2n) is 4.20. The Morgan fingerprint density at radius 1 is 1.33 bits per heavy atom. The van der Waals surface area contributed by atoms with Crippen LogP contribution in [0.3, 0.4) is 0 Å². The Morgan fingerprint density at radius 3 is 2.56 bits per heavy atom. The first-order chi connectivity index (χ1) is 8.43. The van der Waals surface area contributed by atoms with E-state index in [1.54, 1.807) is 18.2 Å². The van der Waals surface area contributed by atoms with Gasteiger partial charge in [-0.25, -0.2) is 0 Å². The number of aryl methyl sites for hydroxylation is 1. The molecule has 0 fully saturated rings. The van der Waals surface area contributed by atoms with Gasteiger partial charge >= 0.3 is 11.8 Å². The summed E-state index contributed by atoms with van der Waals surface area (Å²) in [5.74, 6) is -1.32. The van der Waals surface area contributed by atoms with Crippen molar-refractivity contribution in [2.24, 2.45) is 0 Å². The van der Waals surface area contributed by atoms with Gasteiger partial charge in [0.2, 0.25) is 0 Å². The van der Waals surface area contributed by atoms with Gasteiger partial charge in [0.25, 0.3) is 0 Å². The topological polar surface area (TPSA) is 58.2 Å². The number of hydrogen-bond acceptors (Lipinski definition) is 2. The predicted octanol–water partition coefficient (Wildman–Crippen LogP) is 2.50. The number of nitrogens with one attached hydrogen (secondary N) is 2. The summed E-state index contributed by atoms with van der Waals surface area (Å²) in [7, 11) is 0. The van der Waals surface area contributed by atoms with Crippen LogP contribution in [0.4, 0.5) is 5.69 Å². The molecule has 98 valence electrons. The molecule has 2 N–H and O–H groups in total. The Bertz CT molecular complexity index is 460. The van der Waals surface area contributed by atoms with Gasteiger partial charge in [-0.2, -0.15) is 0 Å². The average Bonchev–Trinajstić information content (AvgIpc) is 2.33. The number of benzene rings is 1. The first-order valence-corrected chi connectivity index (χ1v) is 6.19. The third-order valence-corrected chi connectivity index (χ3v) is 3.03. The third-order valence-electron chi connectivity index (χ3n) is 2.63. The van der Waals surface area contributed by atoms with Crippen LogP contribution in [0.1, 0.15) is 25.8 Å². The molecule has 5 heteroatoms. The second-order valence-corrected chi connectivity index (χ2v) is 4.61. The molecular weight excluding hydrogens is 252 g/mol. The van der Waals surface area contributed by atoms with Gasteiger partial charge in [0.05, 0.1) is 0 Å². The van der Waals surface area contributed by atoms with Crippen LogP contribution in [0.25, 0.3) is 0 Å². The summed E-state index contributed by atoms with van der Waals surface area (Å²) in [5.41, 5.74) is 1.42. The lowest BCUT2D eigenvalue weighted by Gasteiger charge is -2.11. The molecule has 0 saturated heterocycles. The molecule has 18 heavy (non-hydrogen) atoms. The summed E-state index contributed by atoms with van der Waals surface area (Å²) in [4.78, 5) is 23.1. The molecule has 0 aliphatic rings. The Balaban J connectivity index is 2.64. The van der Waals surface area contributed by atoms with Crippen LogP contribution in [0.15, 0.2) is 18.2 Å². The maximum absolute atomic E-state index is 11.6. The smallest absolute Gasteiger partial charge is 0.313 e. The molecule has 0 aromatic heterocycles. The molecule has 4 nitrogen and oxygen atoms in total. The molecule has 0 spiro atoms. The first kappa shape index (κ1) is 14.5. The highest BCUT2D eigenvalue weighted by atomic mass is 35.5. The van der Waals surface area contributed by atoms with Crippen molar-refractivity contribution in [3.8, 4) is 0 Å².